The molecule has 1 saturated heterocycles. The molecule has 5 nitrogen and oxygen atoms in total. The quantitative estimate of drug-likeness (QED) is 0.809. The van der Waals surface area contributed by atoms with Crippen LogP contribution in [0.3, 0.4) is 0 Å². The summed E-state index contributed by atoms with van der Waals surface area (Å²) >= 11 is 0. The van der Waals surface area contributed by atoms with E-state index in [1.54, 1.807) is 0 Å². The molecule has 1 aromatic carbocycles. The number of nitrogens with zero attached hydrogens (tertiary/aromatic N) is 2. The standard InChI is InChI=1S/C20H29N3O2/c1-15-19(16(2)25-22-15)13-21-12-17-8-10-23(11-9-17)14-20(24)18-6-4-3-5-7-18/h3-7,17,20-21,24H,8-14H2,1-2H3. The highest BCUT2D eigenvalue weighted by atomic mass is 16.5. The van der Waals surface area contributed by atoms with Gasteiger partial charge in [-0.1, -0.05) is 35.5 Å². The summed E-state index contributed by atoms with van der Waals surface area (Å²) in [6.07, 6.45) is 1.96. The first kappa shape index (κ1) is 18.1. The van der Waals surface area contributed by atoms with Crippen LogP contribution in [0.1, 0.15) is 41.5 Å². The van der Waals surface area contributed by atoms with Gasteiger partial charge in [0.1, 0.15) is 5.76 Å². The molecule has 1 aromatic heterocycles. The largest absolute Gasteiger partial charge is 0.387 e. The third-order valence-electron chi connectivity index (χ3n) is 5.24. The maximum atomic E-state index is 10.4. The number of aliphatic hydroxyl groups is 1. The number of nitrogens with one attached hydrogen (secondary N) is 1. The Labute approximate surface area is 150 Å². The van der Waals surface area contributed by atoms with Crippen LogP contribution in [0.2, 0.25) is 0 Å². The second-order valence-corrected chi connectivity index (χ2v) is 7.10. The zero-order chi connectivity index (χ0) is 17.6. The average molecular weight is 343 g/mol. The van der Waals surface area contributed by atoms with Crippen molar-refractivity contribution in [2.75, 3.05) is 26.2 Å². The Morgan fingerprint density at radius 2 is 1.96 bits per heavy atom. The molecule has 5 heteroatoms. The van der Waals surface area contributed by atoms with E-state index in [1.807, 2.05) is 44.2 Å². The Hall–Kier alpha value is -1.69. The lowest BCUT2D eigenvalue weighted by Gasteiger charge is -2.33. The second kappa shape index (κ2) is 8.61. The van der Waals surface area contributed by atoms with Crippen molar-refractivity contribution < 1.29 is 9.63 Å². The van der Waals surface area contributed by atoms with Gasteiger partial charge in [0, 0.05) is 18.7 Å². The number of rotatable bonds is 7. The van der Waals surface area contributed by atoms with E-state index >= 15 is 0 Å². The summed E-state index contributed by atoms with van der Waals surface area (Å²) in [5, 5.41) is 17.9. The van der Waals surface area contributed by atoms with Gasteiger partial charge in [-0.2, -0.15) is 0 Å². The fourth-order valence-electron chi connectivity index (χ4n) is 3.55. The minimum Gasteiger partial charge on any atom is -0.387 e. The predicted molar refractivity (Wildman–Crippen MR) is 98.2 cm³/mol. The van der Waals surface area contributed by atoms with Crippen LogP contribution in [0.4, 0.5) is 0 Å². The monoisotopic (exact) mass is 343 g/mol. The molecule has 2 heterocycles. The highest BCUT2D eigenvalue weighted by molar-refractivity contribution is 5.20. The molecule has 0 saturated carbocycles. The van der Waals surface area contributed by atoms with Crippen molar-refractivity contribution in [2.45, 2.75) is 39.3 Å². The first-order valence-electron chi connectivity index (χ1n) is 9.21. The second-order valence-electron chi connectivity index (χ2n) is 7.10. The minimum atomic E-state index is -0.393. The molecule has 0 bridgehead atoms. The summed E-state index contributed by atoms with van der Waals surface area (Å²) in [5.74, 6) is 1.61. The maximum absolute atomic E-state index is 10.4. The van der Waals surface area contributed by atoms with E-state index < -0.39 is 6.10 Å². The SMILES string of the molecule is Cc1noc(C)c1CNCC1CCN(CC(O)c2ccccc2)CC1. The van der Waals surface area contributed by atoms with Crippen LogP contribution in [0, 0.1) is 19.8 Å². The topological polar surface area (TPSA) is 61.5 Å². The van der Waals surface area contributed by atoms with Crippen molar-refractivity contribution in [2.24, 2.45) is 5.92 Å². The van der Waals surface area contributed by atoms with Crippen molar-refractivity contribution in [3.8, 4) is 0 Å². The third-order valence-corrected chi connectivity index (χ3v) is 5.24. The highest BCUT2D eigenvalue weighted by Gasteiger charge is 2.21. The molecule has 1 aliphatic rings. The number of aliphatic hydroxyl groups excluding tert-OH is 1. The number of β-amino-alcohol motifs (C(OH)–C–C–N with tert-alkyl or cyclic N) is 1. The number of hydrogen-bond acceptors (Lipinski definition) is 5. The van der Waals surface area contributed by atoms with E-state index in [2.05, 4.69) is 15.4 Å². The van der Waals surface area contributed by atoms with Crippen LogP contribution in [-0.2, 0) is 6.54 Å². The van der Waals surface area contributed by atoms with Gasteiger partial charge in [-0.05, 0) is 57.8 Å². The molecule has 2 aromatic rings. The van der Waals surface area contributed by atoms with Crippen LogP contribution >= 0.6 is 0 Å². The Morgan fingerprint density at radius 3 is 2.60 bits per heavy atom. The summed E-state index contributed by atoms with van der Waals surface area (Å²) in [6, 6.07) is 9.94. The first-order chi connectivity index (χ1) is 12.1. The van der Waals surface area contributed by atoms with E-state index in [-0.39, 0.29) is 0 Å². The molecule has 1 aliphatic heterocycles. The van der Waals surface area contributed by atoms with Gasteiger partial charge < -0.3 is 19.8 Å². The zero-order valence-electron chi connectivity index (χ0n) is 15.2. The number of likely N-dealkylation sites (tertiary alicyclic amines) is 1. The normalized spacial score (nSPS) is 17.7. The predicted octanol–water partition coefficient (Wildman–Crippen LogP) is 2.83. The number of benzene rings is 1. The molecule has 0 amide bonds. The molecular formula is C20H29N3O2. The van der Waals surface area contributed by atoms with E-state index in [9.17, 15) is 5.11 Å². The van der Waals surface area contributed by atoms with Crippen LogP contribution in [0.5, 0.6) is 0 Å². The Bertz CT molecular complexity index is 629. The molecular weight excluding hydrogens is 314 g/mol. The smallest absolute Gasteiger partial charge is 0.138 e. The molecule has 2 N–H and O–H groups in total. The number of hydrogen-bond donors (Lipinski definition) is 2. The van der Waals surface area contributed by atoms with Crippen LogP contribution < -0.4 is 5.32 Å². The van der Waals surface area contributed by atoms with E-state index in [1.165, 1.54) is 18.4 Å². The Kier molecular flexibility index (Phi) is 6.24. The average Bonchev–Trinajstić information content (AvgIpc) is 2.96. The van der Waals surface area contributed by atoms with Gasteiger partial charge >= 0.3 is 0 Å². The zero-order valence-corrected chi connectivity index (χ0v) is 15.2. The Balaban J connectivity index is 1.37. The molecule has 136 valence electrons. The lowest BCUT2D eigenvalue weighted by Crippen LogP contribution is -2.39. The fourth-order valence-corrected chi connectivity index (χ4v) is 3.55. The van der Waals surface area contributed by atoms with Crippen LogP contribution in [0.15, 0.2) is 34.9 Å². The van der Waals surface area contributed by atoms with Gasteiger partial charge in [0.05, 0.1) is 11.8 Å². The molecule has 0 radical (unpaired) electrons. The van der Waals surface area contributed by atoms with E-state index in [0.29, 0.717) is 5.92 Å². The van der Waals surface area contributed by atoms with Gasteiger partial charge in [0.2, 0.25) is 0 Å². The van der Waals surface area contributed by atoms with Crippen molar-refractivity contribution in [3.63, 3.8) is 0 Å². The molecule has 1 unspecified atom stereocenters. The Morgan fingerprint density at radius 1 is 1.24 bits per heavy atom. The molecule has 0 spiro atoms. The summed E-state index contributed by atoms with van der Waals surface area (Å²) in [4.78, 5) is 2.38. The van der Waals surface area contributed by atoms with Gasteiger partial charge in [-0.3, -0.25) is 0 Å². The van der Waals surface area contributed by atoms with Crippen molar-refractivity contribution >= 4 is 0 Å². The van der Waals surface area contributed by atoms with Crippen LogP contribution in [-0.4, -0.2) is 41.3 Å². The minimum absolute atomic E-state index is 0.393. The summed E-state index contributed by atoms with van der Waals surface area (Å²) in [7, 11) is 0. The van der Waals surface area contributed by atoms with Crippen molar-refractivity contribution in [1.29, 1.82) is 0 Å². The highest BCUT2D eigenvalue weighted by Crippen LogP contribution is 2.20. The van der Waals surface area contributed by atoms with E-state index in [4.69, 9.17) is 4.52 Å². The molecule has 25 heavy (non-hydrogen) atoms. The molecule has 3 rings (SSSR count). The number of aryl methyl sites for hydroxylation is 2. The van der Waals surface area contributed by atoms with Crippen LogP contribution in [0.25, 0.3) is 0 Å². The third kappa shape index (κ3) is 4.91. The van der Waals surface area contributed by atoms with Crippen molar-refractivity contribution in [3.05, 3.63) is 52.9 Å². The van der Waals surface area contributed by atoms with Gasteiger partial charge in [0.15, 0.2) is 0 Å². The lowest BCUT2D eigenvalue weighted by atomic mass is 9.96. The summed E-state index contributed by atoms with van der Waals surface area (Å²) in [5.41, 5.74) is 3.17. The van der Waals surface area contributed by atoms with Crippen molar-refractivity contribution in [1.82, 2.24) is 15.4 Å². The summed E-state index contributed by atoms with van der Waals surface area (Å²) in [6.45, 7) is 8.65. The van der Waals surface area contributed by atoms with Gasteiger partial charge in [-0.15, -0.1) is 0 Å². The van der Waals surface area contributed by atoms with Gasteiger partial charge in [-0.25, -0.2) is 0 Å². The molecule has 1 atom stereocenters. The molecule has 1 fully saturated rings. The molecule has 0 aliphatic carbocycles. The fraction of sp³-hybridized carbons (Fsp3) is 0.550. The summed E-state index contributed by atoms with van der Waals surface area (Å²) < 4.78 is 5.20. The number of aromatic nitrogens is 1. The maximum Gasteiger partial charge on any atom is 0.138 e. The van der Waals surface area contributed by atoms with E-state index in [0.717, 1.165) is 49.7 Å². The number of piperidine rings is 1. The lowest BCUT2D eigenvalue weighted by molar-refractivity contribution is 0.0891. The first-order valence-corrected chi connectivity index (χ1v) is 9.21. The van der Waals surface area contributed by atoms with Gasteiger partial charge in [0.25, 0.3) is 0 Å².